The van der Waals surface area contributed by atoms with E-state index in [0.717, 1.165) is 89.9 Å². The highest BCUT2D eigenvalue weighted by atomic mass is 16.5. The van der Waals surface area contributed by atoms with E-state index in [9.17, 15) is 19.8 Å². The number of carbonyl (C=O) groups is 2. The number of aliphatic hydroxyl groups excluding tert-OH is 2. The Balaban J connectivity index is 4.73. The summed E-state index contributed by atoms with van der Waals surface area (Å²) in [5, 5.41) is 23.8. The van der Waals surface area contributed by atoms with E-state index in [1.54, 1.807) is 0 Å². The first-order chi connectivity index (χ1) is 32.5. The van der Waals surface area contributed by atoms with E-state index in [2.05, 4.69) is 117 Å². The first kappa shape index (κ1) is 62.8. The molecule has 0 aromatic rings. The van der Waals surface area contributed by atoms with Crippen molar-refractivity contribution in [1.82, 2.24) is 5.32 Å². The second-order valence-corrected chi connectivity index (χ2v) is 18.2. The Kier molecular flexibility index (Phi) is 50.2. The van der Waals surface area contributed by atoms with Crippen LogP contribution in [0.2, 0.25) is 0 Å². The van der Waals surface area contributed by atoms with Crippen molar-refractivity contribution in [1.29, 1.82) is 0 Å². The van der Waals surface area contributed by atoms with E-state index in [-0.39, 0.29) is 31.3 Å². The summed E-state index contributed by atoms with van der Waals surface area (Å²) in [7, 11) is 0. The molecule has 0 spiro atoms. The van der Waals surface area contributed by atoms with Crippen LogP contribution in [0, 0.1) is 0 Å². The lowest BCUT2D eigenvalue weighted by Crippen LogP contribution is -2.46. The Bertz CT molecular complexity index is 1310. The molecule has 66 heavy (non-hydrogen) atoms. The number of unbranched alkanes of at least 4 members (excludes halogenated alkanes) is 20. The van der Waals surface area contributed by atoms with Crippen LogP contribution in [0.4, 0.5) is 0 Å². The molecule has 0 saturated heterocycles. The van der Waals surface area contributed by atoms with Gasteiger partial charge in [0.2, 0.25) is 5.91 Å². The van der Waals surface area contributed by atoms with Crippen LogP contribution in [0.5, 0.6) is 0 Å². The predicted molar refractivity (Wildman–Crippen MR) is 287 cm³/mol. The largest absolute Gasteiger partial charge is 0.462 e. The Morgan fingerprint density at radius 1 is 0.455 bits per heavy atom. The molecule has 6 nitrogen and oxygen atoms in total. The van der Waals surface area contributed by atoms with Gasteiger partial charge in [0.15, 0.2) is 0 Å². The van der Waals surface area contributed by atoms with Crippen LogP contribution in [0.25, 0.3) is 0 Å². The third-order valence-electron chi connectivity index (χ3n) is 11.9. The van der Waals surface area contributed by atoms with Crippen molar-refractivity contribution in [2.24, 2.45) is 0 Å². The van der Waals surface area contributed by atoms with Crippen molar-refractivity contribution < 1.29 is 24.5 Å². The molecule has 0 radical (unpaired) electrons. The molecule has 6 heteroatoms. The van der Waals surface area contributed by atoms with E-state index in [0.29, 0.717) is 19.3 Å². The highest BCUT2D eigenvalue weighted by molar-refractivity contribution is 5.77. The van der Waals surface area contributed by atoms with Crippen LogP contribution in [-0.4, -0.2) is 46.9 Å². The van der Waals surface area contributed by atoms with Gasteiger partial charge in [-0.3, -0.25) is 9.59 Å². The SMILES string of the molecule is CC/C=C\C/C=C\C/C=C\C/C=C\C/C=C\C/C=C\CCC(=O)OC(CCCCCCCCC/C=C\C/C=C\CCCCC)CC(=O)NC(CO)C(O)CCCCCCCCCCCCC. The van der Waals surface area contributed by atoms with Gasteiger partial charge in [0.05, 0.1) is 25.2 Å². The van der Waals surface area contributed by atoms with Gasteiger partial charge in [0.1, 0.15) is 6.10 Å². The van der Waals surface area contributed by atoms with E-state index < -0.39 is 18.2 Å². The minimum atomic E-state index is -0.807. The number of nitrogens with one attached hydrogen (secondary N) is 1. The number of amides is 1. The molecule has 0 aliphatic rings. The van der Waals surface area contributed by atoms with Crippen molar-refractivity contribution in [3.05, 3.63) is 97.2 Å². The minimum absolute atomic E-state index is 0.0372. The number of hydrogen-bond acceptors (Lipinski definition) is 5. The maximum atomic E-state index is 13.2. The van der Waals surface area contributed by atoms with Crippen molar-refractivity contribution in [2.75, 3.05) is 6.61 Å². The highest BCUT2D eigenvalue weighted by Crippen LogP contribution is 2.17. The van der Waals surface area contributed by atoms with Gasteiger partial charge in [-0.05, 0) is 96.3 Å². The molecule has 3 atom stereocenters. The summed E-state index contributed by atoms with van der Waals surface area (Å²) in [6.07, 6.45) is 70.4. The van der Waals surface area contributed by atoms with Gasteiger partial charge in [-0.1, -0.05) is 234 Å². The lowest BCUT2D eigenvalue weighted by Gasteiger charge is -2.24. The van der Waals surface area contributed by atoms with E-state index in [4.69, 9.17) is 4.74 Å². The van der Waals surface area contributed by atoms with Gasteiger partial charge in [-0.2, -0.15) is 0 Å². The number of ether oxygens (including phenoxy) is 1. The molecular weight excluding hydrogens is 815 g/mol. The number of carbonyl (C=O) groups excluding carboxylic acids is 2. The van der Waals surface area contributed by atoms with Gasteiger partial charge in [-0.25, -0.2) is 0 Å². The third kappa shape index (κ3) is 47.3. The summed E-state index contributed by atoms with van der Waals surface area (Å²) in [6, 6.07) is -0.724. The standard InChI is InChI=1S/C60H103NO5/c1-4-7-10-13-16-19-22-24-26-28-29-31-33-35-38-41-44-47-50-53-60(65)66-56(51-48-45-42-39-37-34-32-30-27-25-23-20-17-14-11-8-5-2)54-59(64)61-57(55-62)58(63)52-49-46-43-40-36-21-18-15-12-9-6-3/h7,10,16-17,19-20,24-27,29,31,35,38,44,47,56-58,62-63H,4-6,8-9,11-15,18,21-23,28,30,32-34,36-37,39-43,45-46,48-55H2,1-3H3,(H,61,64)/b10-7-,19-16-,20-17-,26-24-,27-25-,31-29-,38-35-,47-44-. The quantitative estimate of drug-likeness (QED) is 0.0321. The molecule has 378 valence electrons. The average Bonchev–Trinajstić information content (AvgIpc) is 3.31. The molecule has 0 aliphatic heterocycles. The van der Waals surface area contributed by atoms with Gasteiger partial charge in [-0.15, -0.1) is 0 Å². The molecule has 3 N–H and O–H groups in total. The van der Waals surface area contributed by atoms with E-state index in [1.807, 2.05) is 6.08 Å². The van der Waals surface area contributed by atoms with E-state index >= 15 is 0 Å². The van der Waals surface area contributed by atoms with Crippen LogP contribution >= 0.6 is 0 Å². The Hall–Kier alpha value is -3.22. The Labute approximate surface area is 407 Å². The predicted octanol–water partition coefficient (Wildman–Crippen LogP) is 16.9. The lowest BCUT2D eigenvalue weighted by molar-refractivity contribution is -0.150. The van der Waals surface area contributed by atoms with Gasteiger partial charge < -0.3 is 20.3 Å². The second-order valence-electron chi connectivity index (χ2n) is 18.2. The van der Waals surface area contributed by atoms with Crippen LogP contribution in [-0.2, 0) is 14.3 Å². The number of aliphatic hydroxyl groups is 2. The lowest BCUT2D eigenvalue weighted by atomic mass is 10.0. The first-order valence-electron chi connectivity index (χ1n) is 27.5. The van der Waals surface area contributed by atoms with Gasteiger partial charge in [0, 0.05) is 6.42 Å². The number of hydrogen-bond donors (Lipinski definition) is 3. The zero-order valence-electron chi connectivity index (χ0n) is 43.0. The third-order valence-corrected chi connectivity index (χ3v) is 11.9. The number of rotatable bonds is 48. The topological polar surface area (TPSA) is 95.9 Å². The molecule has 0 fully saturated rings. The summed E-state index contributed by atoms with van der Waals surface area (Å²) in [5.41, 5.74) is 0. The summed E-state index contributed by atoms with van der Waals surface area (Å²) in [5.74, 6) is -0.585. The Morgan fingerprint density at radius 3 is 1.27 bits per heavy atom. The molecular formula is C60H103NO5. The molecule has 3 unspecified atom stereocenters. The molecule has 0 aromatic carbocycles. The molecule has 1 amide bonds. The Morgan fingerprint density at radius 2 is 0.818 bits per heavy atom. The highest BCUT2D eigenvalue weighted by Gasteiger charge is 2.24. The molecule has 0 rings (SSSR count). The average molecular weight is 918 g/mol. The van der Waals surface area contributed by atoms with Crippen LogP contribution in [0.15, 0.2) is 97.2 Å². The first-order valence-corrected chi connectivity index (χ1v) is 27.5. The fraction of sp³-hybridized carbons (Fsp3) is 0.700. The van der Waals surface area contributed by atoms with Crippen LogP contribution in [0.3, 0.4) is 0 Å². The second kappa shape index (κ2) is 52.7. The maximum absolute atomic E-state index is 13.2. The zero-order valence-corrected chi connectivity index (χ0v) is 43.0. The summed E-state index contributed by atoms with van der Waals surface area (Å²) in [4.78, 5) is 26.2. The van der Waals surface area contributed by atoms with Crippen molar-refractivity contribution in [3.8, 4) is 0 Å². The van der Waals surface area contributed by atoms with Crippen LogP contribution in [0.1, 0.15) is 245 Å². The van der Waals surface area contributed by atoms with Gasteiger partial charge >= 0.3 is 5.97 Å². The van der Waals surface area contributed by atoms with Crippen molar-refractivity contribution >= 4 is 11.9 Å². The monoisotopic (exact) mass is 918 g/mol. The minimum Gasteiger partial charge on any atom is -0.462 e. The van der Waals surface area contributed by atoms with Crippen LogP contribution < -0.4 is 5.32 Å². The molecule has 0 aromatic heterocycles. The fourth-order valence-corrected chi connectivity index (χ4v) is 7.78. The molecule has 0 saturated carbocycles. The van der Waals surface area contributed by atoms with Crippen molar-refractivity contribution in [2.45, 2.75) is 264 Å². The smallest absolute Gasteiger partial charge is 0.306 e. The summed E-state index contributed by atoms with van der Waals surface area (Å²) >= 11 is 0. The molecule has 0 heterocycles. The molecule has 0 bridgehead atoms. The van der Waals surface area contributed by atoms with Gasteiger partial charge in [0.25, 0.3) is 0 Å². The maximum Gasteiger partial charge on any atom is 0.306 e. The number of allylic oxidation sites excluding steroid dienone is 16. The normalized spacial score (nSPS) is 14.0. The zero-order chi connectivity index (χ0) is 48.1. The van der Waals surface area contributed by atoms with E-state index in [1.165, 1.54) is 103 Å². The summed E-state index contributed by atoms with van der Waals surface area (Å²) in [6.45, 7) is 6.32. The van der Waals surface area contributed by atoms with Crippen molar-refractivity contribution in [3.63, 3.8) is 0 Å². The molecule has 0 aliphatic carbocycles. The summed E-state index contributed by atoms with van der Waals surface area (Å²) < 4.78 is 5.91. The fourth-order valence-electron chi connectivity index (χ4n) is 7.78. The number of esters is 1.